The summed E-state index contributed by atoms with van der Waals surface area (Å²) in [5.74, 6) is 4.18. The molecule has 3 N–H and O–H groups in total. The number of carboxylic acids is 1. The van der Waals surface area contributed by atoms with Gasteiger partial charge < -0.3 is 5.11 Å². The molecule has 0 fully saturated rings. The van der Waals surface area contributed by atoms with Gasteiger partial charge in [-0.15, -0.1) is 0 Å². The van der Waals surface area contributed by atoms with Crippen molar-refractivity contribution in [1.29, 1.82) is 0 Å². The van der Waals surface area contributed by atoms with Crippen LogP contribution < -0.4 is 5.84 Å². The lowest BCUT2D eigenvalue weighted by Crippen LogP contribution is -2.36. The number of carbonyl (C=O) groups excluding carboxylic acids is 1. The van der Waals surface area contributed by atoms with E-state index in [2.05, 4.69) is 0 Å². The third-order valence-electron chi connectivity index (χ3n) is 6.24. The van der Waals surface area contributed by atoms with E-state index >= 15 is 0 Å². The molecule has 0 aliphatic carbocycles. The van der Waals surface area contributed by atoms with Crippen molar-refractivity contribution in [3.8, 4) is 11.3 Å². The number of unbranched alkanes of at least 4 members (excludes halogenated alkanes) is 1. The average molecular weight is 540 g/mol. The van der Waals surface area contributed by atoms with E-state index in [-0.39, 0.29) is 24.3 Å². The van der Waals surface area contributed by atoms with E-state index < -0.39 is 23.6 Å². The Hall–Kier alpha value is -4.31. The second-order valence-electron chi connectivity index (χ2n) is 9.14. The van der Waals surface area contributed by atoms with E-state index in [1.165, 1.54) is 24.3 Å². The molecule has 0 atom stereocenters. The largest absolute Gasteiger partial charge is 0.481 e. The zero-order valence-corrected chi connectivity index (χ0v) is 20.7. The van der Waals surface area contributed by atoms with Crippen LogP contribution in [0.3, 0.4) is 0 Å². The second kappa shape index (κ2) is 11.6. The fourth-order valence-corrected chi connectivity index (χ4v) is 4.23. The lowest BCUT2D eigenvalue weighted by molar-refractivity contribution is -0.138. The number of pyridine rings is 1. The second-order valence-corrected chi connectivity index (χ2v) is 9.14. The van der Waals surface area contributed by atoms with Gasteiger partial charge in [-0.05, 0) is 91.1 Å². The zero-order valence-electron chi connectivity index (χ0n) is 20.7. The van der Waals surface area contributed by atoms with Crippen molar-refractivity contribution in [1.82, 2.24) is 9.99 Å². The van der Waals surface area contributed by atoms with Crippen LogP contribution in [-0.4, -0.2) is 27.0 Å². The summed E-state index contributed by atoms with van der Waals surface area (Å²) in [7, 11) is 0. The van der Waals surface area contributed by atoms with Crippen LogP contribution in [0.5, 0.6) is 0 Å². The van der Waals surface area contributed by atoms with Gasteiger partial charge in [-0.2, -0.15) is 13.2 Å². The van der Waals surface area contributed by atoms with Crippen molar-refractivity contribution < 1.29 is 32.3 Å². The van der Waals surface area contributed by atoms with Crippen LogP contribution in [0.2, 0.25) is 0 Å². The van der Waals surface area contributed by atoms with Gasteiger partial charge in [0, 0.05) is 22.9 Å². The standard InChI is InChI=1S/C29H25F4N3O3/c30-24-12-7-19(8-13-24)27-20(3-1-2-4-26(37)38)15-22-16-21(9-14-25(22)35-27)28(39)36(34)17-18-5-10-23(11-6-18)29(31,32)33/h5-16H,1-4,17,34H2,(H,37,38). The molecule has 1 heterocycles. The Kier molecular flexibility index (Phi) is 8.25. The lowest BCUT2D eigenvalue weighted by Gasteiger charge is -2.18. The maximum Gasteiger partial charge on any atom is 0.416 e. The quantitative estimate of drug-likeness (QED) is 0.0847. The summed E-state index contributed by atoms with van der Waals surface area (Å²) < 4.78 is 51.9. The van der Waals surface area contributed by atoms with Crippen LogP contribution >= 0.6 is 0 Å². The summed E-state index contributed by atoms with van der Waals surface area (Å²) in [6.45, 7) is -0.0917. The summed E-state index contributed by atoms with van der Waals surface area (Å²) in [4.78, 5) is 28.6. The number of aryl methyl sites for hydroxylation is 1. The topological polar surface area (TPSA) is 96.5 Å². The van der Waals surface area contributed by atoms with E-state index in [9.17, 15) is 27.2 Å². The Labute approximate surface area is 221 Å². The summed E-state index contributed by atoms with van der Waals surface area (Å²) in [6, 6.07) is 17.1. The van der Waals surface area contributed by atoms with Gasteiger partial charge >= 0.3 is 12.1 Å². The molecule has 0 unspecified atom stereocenters. The number of nitrogens with two attached hydrogens (primary N) is 1. The molecule has 3 aromatic carbocycles. The Bertz CT molecular complexity index is 1490. The van der Waals surface area contributed by atoms with Crippen LogP contribution in [0.25, 0.3) is 22.2 Å². The van der Waals surface area contributed by atoms with Crippen molar-refractivity contribution in [3.63, 3.8) is 0 Å². The minimum Gasteiger partial charge on any atom is -0.481 e. The molecular formula is C29H25F4N3O3. The van der Waals surface area contributed by atoms with Gasteiger partial charge in [-0.1, -0.05) is 12.1 Å². The molecule has 202 valence electrons. The van der Waals surface area contributed by atoms with Gasteiger partial charge in [0.15, 0.2) is 0 Å². The molecule has 0 saturated heterocycles. The first-order chi connectivity index (χ1) is 18.5. The third kappa shape index (κ3) is 6.97. The van der Waals surface area contributed by atoms with Gasteiger partial charge in [0.1, 0.15) is 5.82 Å². The number of nitrogens with zero attached hydrogens (tertiary/aromatic N) is 2. The number of alkyl halides is 3. The number of halogens is 4. The van der Waals surface area contributed by atoms with Crippen LogP contribution in [0.1, 0.15) is 46.3 Å². The molecule has 6 nitrogen and oxygen atoms in total. The molecule has 10 heteroatoms. The van der Waals surface area contributed by atoms with Crippen molar-refractivity contribution >= 4 is 22.8 Å². The van der Waals surface area contributed by atoms with Crippen LogP contribution in [-0.2, 0) is 23.9 Å². The number of amides is 1. The predicted octanol–water partition coefficient (Wildman–Crippen LogP) is 6.37. The van der Waals surface area contributed by atoms with Gasteiger partial charge in [-0.25, -0.2) is 15.2 Å². The Morgan fingerprint density at radius 2 is 1.62 bits per heavy atom. The van der Waals surface area contributed by atoms with Gasteiger partial charge in [0.2, 0.25) is 0 Å². The number of hydrazine groups is 1. The first kappa shape index (κ1) is 27.7. The molecule has 0 aliphatic rings. The van der Waals surface area contributed by atoms with Crippen LogP contribution in [0, 0.1) is 5.82 Å². The molecule has 1 amide bonds. The SMILES string of the molecule is NN(Cc1ccc(C(F)(F)F)cc1)C(=O)c1ccc2nc(-c3ccc(F)cc3)c(CCCCC(=O)O)cc2c1. The highest BCUT2D eigenvalue weighted by atomic mass is 19.4. The van der Waals surface area contributed by atoms with E-state index in [1.54, 1.807) is 30.3 Å². The van der Waals surface area contributed by atoms with Crippen LogP contribution in [0.15, 0.2) is 72.8 Å². The highest BCUT2D eigenvalue weighted by molar-refractivity contribution is 5.98. The molecule has 4 aromatic rings. The Morgan fingerprint density at radius 3 is 2.26 bits per heavy atom. The molecule has 0 radical (unpaired) electrons. The van der Waals surface area contributed by atoms with Crippen molar-refractivity contribution in [2.75, 3.05) is 0 Å². The summed E-state index contributed by atoms with van der Waals surface area (Å²) in [5.41, 5.74) is 2.67. The highest BCUT2D eigenvalue weighted by Gasteiger charge is 2.30. The third-order valence-corrected chi connectivity index (χ3v) is 6.24. The first-order valence-electron chi connectivity index (χ1n) is 12.2. The van der Waals surface area contributed by atoms with Crippen molar-refractivity contribution in [2.24, 2.45) is 5.84 Å². The summed E-state index contributed by atoms with van der Waals surface area (Å²) in [6.07, 6.45) is -2.83. The number of carboxylic acid groups (broad SMARTS) is 1. The molecule has 0 saturated carbocycles. The van der Waals surface area contributed by atoms with E-state index in [0.29, 0.717) is 47.0 Å². The maximum absolute atomic E-state index is 13.5. The normalized spacial score (nSPS) is 11.5. The summed E-state index contributed by atoms with van der Waals surface area (Å²) in [5, 5.41) is 10.5. The minimum atomic E-state index is -4.46. The van der Waals surface area contributed by atoms with Crippen LogP contribution in [0.4, 0.5) is 17.6 Å². The predicted molar refractivity (Wildman–Crippen MR) is 138 cm³/mol. The van der Waals surface area contributed by atoms with Crippen molar-refractivity contribution in [2.45, 2.75) is 38.4 Å². The Morgan fingerprint density at radius 1 is 0.923 bits per heavy atom. The molecule has 1 aromatic heterocycles. The number of aliphatic carboxylic acids is 1. The van der Waals surface area contributed by atoms with Gasteiger partial charge in [0.25, 0.3) is 5.91 Å². The first-order valence-corrected chi connectivity index (χ1v) is 12.2. The summed E-state index contributed by atoms with van der Waals surface area (Å²) >= 11 is 0. The van der Waals surface area contributed by atoms with E-state index in [1.807, 2.05) is 6.07 Å². The highest BCUT2D eigenvalue weighted by Crippen LogP contribution is 2.30. The molecule has 4 rings (SSSR count). The molecular weight excluding hydrogens is 514 g/mol. The molecule has 0 aliphatic heterocycles. The minimum absolute atomic E-state index is 0.0385. The smallest absolute Gasteiger partial charge is 0.416 e. The lowest BCUT2D eigenvalue weighted by atomic mass is 9.98. The molecule has 39 heavy (non-hydrogen) atoms. The van der Waals surface area contributed by atoms with E-state index in [0.717, 1.165) is 22.7 Å². The fraction of sp³-hybridized carbons (Fsp3) is 0.207. The molecule has 0 spiro atoms. The number of rotatable bonds is 9. The number of aromatic nitrogens is 1. The number of hydrogen-bond donors (Lipinski definition) is 2. The average Bonchev–Trinajstić information content (AvgIpc) is 2.90. The number of benzene rings is 3. The Balaban J connectivity index is 1.59. The number of fused-ring (bicyclic) bond motifs is 1. The van der Waals surface area contributed by atoms with Gasteiger partial charge in [-0.3, -0.25) is 14.6 Å². The monoisotopic (exact) mass is 539 g/mol. The number of carbonyl (C=O) groups is 2. The maximum atomic E-state index is 13.5. The van der Waals surface area contributed by atoms with Crippen molar-refractivity contribution in [3.05, 3.63) is 101 Å². The zero-order chi connectivity index (χ0) is 28.2. The van der Waals surface area contributed by atoms with E-state index in [4.69, 9.17) is 15.9 Å². The number of hydrogen-bond acceptors (Lipinski definition) is 4. The molecule has 0 bridgehead atoms. The fourth-order valence-electron chi connectivity index (χ4n) is 4.23. The van der Waals surface area contributed by atoms with Gasteiger partial charge in [0.05, 0.1) is 23.3 Å².